The van der Waals surface area contributed by atoms with Crippen LogP contribution in [0.25, 0.3) is 10.8 Å². The van der Waals surface area contributed by atoms with Gasteiger partial charge in [-0.3, -0.25) is 9.59 Å². The second-order valence-electron chi connectivity index (χ2n) is 3.97. The lowest BCUT2D eigenvalue weighted by Gasteiger charge is -2.14. The lowest BCUT2D eigenvalue weighted by atomic mass is 9.97. The van der Waals surface area contributed by atoms with Gasteiger partial charge in [0, 0.05) is 11.1 Å². The number of alkyl halides is 3. The van der Waals surface area contributed by atoms with Crippen LogP contribution in [0.15, 0.2) is 30.3 Å². The van der Waals surface area contributed by atoms with Gasteiger partial charge in [-0.05, 0) is 52.2 Å². The van der Waals surface area contributed by atoms with Crippen LogP contribution in [-0.2, 0) is 6.18 Å². The van der Waals surface area contributed by atoms with E-state index in [2.05, 4.69) is 0 Å². The smallest absolute Gasteiger partial charge is 0.276 e. The molecule has 2 aromatic rings. The topological polar surface area (TPSA) is 34.1 Å². The van der Waals surface area contributed by atoms with Crippen molar-refractivity contribution < 1.29 is 22.8 Å². The van der Waals surface area contributed by atoms with Gasteiger partial charge in [-0.25, -0.2) is 0 Å². The number of benzene rings is 2. The Kier molecular flexibility index (Phi) is 3.75. The molecule has 0 spiro atoms. The summed E-state index contributed by atoms with van der Waals surface area (Å²) in [4.78, 5) is 22.1. The molecule has 0 bridgehead atoms. The van der Waals surface area contributed by atoms with Crippen LogP contribution < -0.4 is 0 Å². The molecule has 2 rings (SSSR count). The first-order valence-corrected chi connectivity index (χ1v) is 6.01. The Morgan fingerprint density at radius 3 is 2.10 bits per heavy atom. The largest absolute Gasteiger partial charge is 0.417 e. The maximum absolute atomic E-state index is 13.1. The maximum Gasteiger partial charge on any atom is 0.417 e. The van der Waals surface area contributed by atoms with Gasteiger partial charge in [0.25, 0.3) is 10.5 Å². The lowest BCUT2D eigenvalue weighted by Crippen LogP contribution is -2.12. The zero-order valence-corrected chi connectivity index (χ0v) is 11.1. The molecule has 0 fully saturated rings. The Balaban J connectivity index is 2.85. The Labute approximate surface area is 121 Å². The number of carbonyl (C=O) groups excluding carboxylic acids is 2. The van der Waals surface area contributed by atoms with E-state index in [4.69, 9.17) is 23.2 Å². The Morgan fingerprint density at radius 2 is 1.60 bits per heavy atom. The molecule has 0 N–H and O–H groups in total. The Hall–Kier alpha value is -1.59. The number of hydrogen-bond acceptors (Lipinski definition) is 2. The predicted octanol–water partition coefficient (Wildman–Crippen LogP) is 4.62. The summed E-state index contributed by atoms with van der Waals surface area (Å²) in [6, 6.07) is 5.74. The summed E-state index contributed by atoms with van der Waals surface area (Å²) in [6.45, 7) is 0. The van der Waals surface area contributed by atoms with Crippen LogP contribution in [-0.4, -0.2) is 10.5 Å². The van der Waals surface area contributed by atoms with E-state index in [0.717, 1.165) is 18.2 Å². The normalized spacial score (nSPS) is 11.7. The zero-order chi connectivity index (χ0) is 15.1. The molecule has 104 valence electrons. The molecule has 0 radical (unpaired) electrons. The molecule has 20 heavy (non-hydrogen) atoms. The van der Waals surface area contributed by atoms with Gasteiger partial charge in [-0.2, -0.15) is 13.2 Å². The quantitative estimate of drug-likeness (QED) is 0.757. The molecule has 0 saturated heterocycles. The second kappa shape index (κ2) is 5.07. The van der Waals surface area contributed by atoms with Crippen LogP contribution in [0.2, 0.25) is 0 Å². The summed E-state index contributed by atoms with van der Waals surface area (Å²) in [5, 5.41) is -2.05. The highest BCUT2D eigenvalue weighted by atomic mass is 35.5. The zero-order valence-electron chi connectivity index (χ0n) is 9.59. The molecule has 0 aliphatic carbocycles. The first kappa shape index (κ1) is 14.8. The first-order valence-electron chi connectivity index (χ1n) is 5.25. The molecule has 0 atom stereocenters. The Bertz CT molecular complexity index is 723. The van der Waals surface area contributed by atoms with Crippen molar-refractivity contribution in [1.82, 2.24) is 0 Å². The van der Waals surface area contributed by atoms with E-state index >= 15 is 0 Å². The van der Waals surface area contributed by atoms with Gasteiger partial charge in [0.15, 0.2) is 0 Å². The van der Waals surface area contributed by atoms with Crippen molar-refractivity contribution in [2.24, 2.45) is 0 Å². The fourth-order valence-electron chi connectivity index (χ4n) is 1.92. The van der Waals surface area contributed by atoms with Crippen LogP contribution in [0.1, 0.15) is 26.3 Å². The van der Waals surface area contributed by atoms with Gasteiger partial charge in [-0.1, -0.05) is 12.1 Å². The molecule has 2 aromatic carbocycles. The SMILES string of the molecule is O=C(Cl)c1ccc2c(C(F)(F)F)c(C(=O)Cl)ccc2c1. The summed E-state index contributed by atoms with van der Waals surface area (Å²) >= 11 is 10.5. The van der Waals surface area contributed by atoms with Crippen molar-refractivity contribution >= 4 is 44.5 Å². The molecule has 0 unspecified atom stereocenters. The molecule has 0 saturated carbocycles. The summed E-state index contributed by atoms with van der Waals surface area (Å²) < 4.78 is 39.3. The number of halogens is 5. The molecular formula is C13H5Cl2F3O2. The summed E-state index contributed by atoms with van der Waals surface area (Å²) in [7, 11) is 0. The van der Waals surface area contributed by atoms with Crippen molar-refractivity contribution in [2.75, 3.05) is 0 Å². The van der Waals surface area contributed by atoms with Gasteiger partial charge in [0.2, 0.25) is 0 Å². The van der Waals surface area contributed by atoms with E-state index < -0.39 is 27.8 Å². The van der Waals surface area contributed by atoms with Gasteiger partial charge in [0.05, 0.1) is 5.56 Å². The van der Waals surface area contributed by atoms with Crippen LogP contribution in [0, 0.1) is 0 Å². The maximum atomic E-state index is 13.1. The second-order valence-corrected chi connectivity index (χ2v) is 4.66. The standard InChI is InChI=1S/C13H5Cl2F3O2/c14-11(19)7-2-3-8-6(5-7)1-4-9(12(15)20)10(8)13(16,17)18/h1-5H. The molecule has 0 heterocycles. The lowest BCUT2D eigenvalue weighted by molar-refractivity contribution is -0.136. The van der Waals surface area contributed by atoms with E-state index in [1.807, 2.05) is 0 Å². The van der Waals surface area contributed by atoms with Crippen LogP contribution in [0.5, 0.6) is 0 Å². The highest BCUT2D eigenvalue weighted by Crippen LogP contribution is 2.38. The van der Waals surface area contributed by atoms with E-state index in [1.165, 1.54) is 12.1 Å². The van der Waals surface area contributed by atoms with E-state index in [9.17, 15) is 22.8 Å². The number of rotatable bonds is 2. The van der Waals surface area contributed by atoms with E-state index in [0.29, 0.717) is 0 Å². The minimum Gasteiger partial charge on any atom is -0.276 e. The van der Waals surface area contributed by atoms with Gasteiger partial charge < -0.3 is 0 Å². The van der Waals surface area contributed by atoms with E-state index in [-0.39, 0.29) is 16.3 Å². The van der Waals surface area contributed by atoms with Crippen molar-refractivity contribution in [2.45, 2.75) is 6.18 Å². The summed E-state index contributed by atoms with van der Waals surface area (Å²) in [5.74, 6) is 0. The molecule has 7 heteroatoms. The van der Waals surface area contributed by atoms with E-state index in [1.54, 1.807) is 0 Å². The third kappa shape index (κ3) is 2.64. The third-order valence-corrected chi connectivity index (χ3v) is 3.16. The molecule has 2 nitrogen and oxygen atoms in total. The number of hydrogen-bond donors (Lipinski definition) is 0. The fraction of sp³-hybridized carbons (Fsp3) is 0.0769. The van der Waals surface area contributed by atoms with Crippen LogP contribution in [0.3, 0.4) is 0 Å². The van der Waals surface area contributed by atoms with Gasteiger partial charge in [0.1, 0.15) is 0 Å². The highest BCUT2D eigenvalue weighted by Gasteiger charge is 2.36. The van der Waals surface area contributed by atoms with Crippen molar-refractivity contribution in [3.8, 4) is 0 Å². The summed E-state index contributed by atoms with van der Waals surface area (Å²) in [6.07, 6.45) is -4.74. The summed E-state index contributed by atoms with van der Waals surface area (Å²) in [5.41, 5.74) is -1.68. The van der Waals surface area contributed by atoms with Gasteiger partial charge >= 0.3 is 6.18 Å². The van der Waals surface area contributed by atoms with Crippen molar-refractivity contribution in [3.63, 3.8) is 0 Å². The molecule has 0 amide bonds. The average Bonchev–Trinajstić information content (AvgIpc) is 2.35. The highest BCUT2D eigenvalue weighted by molar-refractivity contribution is 6.68. The number of carbonyl (C=O) groups is 2. The predicted molar refractivity (Wildman–Crippen MR) is 69.3 cm³/mol. The van der Waals surface area contributed by atoms with Gasteiger partial charge in [-0.15, -0.1) is 0 Å². The van der Waals surface area contributed by atoms with Crippen LogP contribution in [0.4, 0.5) is 13.2 Å². The first-order chi connectivity index (χ1) is 9.21. The minimum atomic E-state index is -4.74. The van der Waals surface area contributed by atoms with Crippen molar-refractivity contribution in [1.29, 1.82) is 0 Å². The average molecular weight is 321 g/mol. The van der Waals surface area contributed by atoms with Crippen LogP contribution >= 0.6 is 23.2 Å². The minimum absolute atomic E-state index is 0.0669. The van der Waals surface area contributed by atoms with Crippen molar-refractivity contribution in [3.05, 3.63) is 47.0 Å². The molecular weight excluding hydrogens is 316 g/mol. The fourth-order valence-corrected chi connectivity index (χ4v) is 2.20. The molecule has 0 aliphatic rings. The molecule has 0 aliphatic heterocycles. The monoisotopic (exact) mass is 320 g/mol. The molecule has 0 aromatic heterocycles. The Morgan fingerprint density at radius 1 is 0.950 bits per heavy atom. The number of fused-ring (bicyclic) bond motifs is 1. The third-order valence-electron chi connectivity index (χ3n) is 2.74.